The molecule has 0 spiro atoms. The van der Waals surface area contributed by atoms with E-state index >= 15 is 0 Å². The van der Waals surface area contributed by atoms with E-state index in [0.717, 1.165) is 4.90 Å². The van der Waals surface area contributed by atoms with Crippen LogP contribution in [-0.2, 0) is 11.2 Å². The monoisotopic (exact) mass is 351 g/mol. The Morgan fingerprint density at radius 2 is 1.88 bits per heavy atom. The third-order valence-corrected chi connectivity index (χ3v) is 4.31. The maximum atomic E-state index is 12.3. The Kier molecular flexibility index (Phi) is 7.06. The first-order chi connectivity index (χ1) is 11.5. The van der Waals surface area contributed by atoms with Crippen LogP contribution < -0.4 is 10.1 Å². The fourth-order valence-electron chi connectivity index (χ4n) is 2.09. The number of amides is 1. The highest BCUT2D eigenvalue weighted by Gasteiger charge is 2.09. The number of para-hydroxylation sites is 1. The van der Waals surface area contributed by atoms with Gasteiger partial charge in [-0.15, -0.1) is 11.8 Å². The number of hydrogen-bond donors (Lipinski definition) is 1. The molecule has 0 aliphatic heterocycles. The third-order valence-electron chi connectivity index (χ3n) is 3.30. The summed E-state index contributed by atoms with van der Waals surface area (Å²) in [5, 5.41) is 2.79. The Hall–Kier alpha value is -2.08. The summed E-state index contributed by atoms with van der Waals surface area (Å²) in [6.45, 7) is -0.472. The number of rotatable bonds is 8. The van der Waals surface area contributed by atoms with Crippen LogP contribution in [0.25, 0.3) is 0 Å². The number of halogens is 2. The smallest absolute Gasteiger partial charge is 0.387 e. The molecule has 6 heteroatoms. The van der Waals surface area contributed by atoms with Gasteiger partial charge in [0.2, 0.25) is 5.91 Å². The van der Waals surface area contributed by atoms with Gasteiger partial charge < -0.3 is 10.1 Å². The molecule has 0 bridgehead atoms. The van der Waals surface area contributed by atoms with Crippen LogP contribution in [0.15, 0.2) is 53.4 Å². The van der Waals surface area contributed by atoms with Gasteiger partial charge in [0.05, 0.1) is 5.75 Å². The largest absolute Gasteiger partial charge is 0.435 e. The zero-order valence-corrected chi connectivity index (χ0v) is 14.1. The average molecular weight is 351 g/mol. The first-order valence-corrected chi connectivity index (χ1v) is 8.52. The number of hydrogen-bond acceptors (Lipinski definition) is 3. The van der Waals surface area contributed by atoms with Crippen LogP contribution >= 0.6 is 11.8 Å². The van der Waals surface area contributed by atoms with Crippen LogP contribution in [0.3, 0.4) is 0 Å². The molecule has 0 aromatic heterocycles. The number of nitrogens with one attached hydrogen (secondary N) is 1. The van der Waals surface area contributed by atoms with Crippen molar-refractivity contribution in [2.45, 2.75) is 24.9 Å². The normalized spacial score (nSPS) is 10.7. The molecular weight excluding hydrogens is 332 g/mol. The second kappa shape index (κ2) is 9.27. The van der Waals surface area contributed by atoms with E-state index in [1.54, 1.807) is 18.2 Å². The van der Waals surface area contributed by atoms with Crippen molar-refractivity contribution >= 4 is 17.7 Å². The summed E-state index contributed by atoms with van der Waals surface area (Å²) in [4.78, 5) is 12.9. The van der Waals surface area contributed by atoms with Gasteiger partial charge in [-0.1, -0.05) is 35.9 Å². The van der Waals surface area contributed by atoms with Crippen molar-refractivity contribution in [1.29, 1.82) is 0 Å². The quantitative estimate of drug-likeness (QED) is 0.729. The van der Waals surface area contributed by atoms with Crippen LogP contribution in [0.5, 0.6) is 5.75 Å². The highest BCUT2D eigenvalue weighted by Crippen LogP contribution is 2.20. The summed E-state index contributed by atoms with van der Waals surface area (Å²) in [7, 11) is 0. The van der Waals surface area contributed by atoms with Gasteiger partial charge >= 0.3 is 6.61 Å². The van der Waals surface area contributed by atoms with Crippen LogP contribution in [-0.4, -0.2) is 24.8 Å². The molecule has 1 N–H and O–H groups in total. The molecule has 1 amide bonds. The minimum Gasteiger partial charge on any atom is -0.435 e. The van der Waals surface area contributed by atoms with E-state index < -0.39 is 6.61 Å². The molecule has 0 fully saturated rings. The maximum absolute atomic E-state index is 12.3. The number of ether oxygens (including phenoxy) is 1. The minimum atomic E-state index is -2.85. The summed E-state index contributed by atoms with van der Waals surface area (Å²) in [6.07, 6.45) is 0.434. The van der Waals surface area contributed by atoms with Gasteiger partial charge in [-0.2, -0.15) is 8.78 Å². The molecule has 0 heterocycles. The lowest BCUT2D eigenvalue weighted by Gasteiger charge is -2.11. The van der Waals surface area contributed by atoms with Gasteiger partial charge in [0.1, 0.15) is 5.75 Å². The van der Waals surface area contributed by atoms with Crippen LogP contribution in [0.2, 0.25) is 0 Å². The lowest BCUT2D eigenvalue weighted by atomic mass is 10.1. The van der Waals surface area contributed by atoms with Gasteiger partial charge in [0.15, 0.2) is 0 Å². The number of alkyl halides is 2. The molecule has 0 radical (unpaired) electrons. The van der Waals surface area contributed by atoms with Crippen molar-refractivity contribution in [2.24, 2.45) is 0 Å². The van der Waals surface area contributed by atoms with Crippen molar-refractivity contribution in [3.05, 3.63) is 59.7 Å². The molecule has 2 rings (SSSR count). The summed E-state index contributed by atoms with van der Waals surface area (Å²) >= 11 is 1.46. The Morgan fingerprint density at radius 3 is 2.58 bits per heavy atom. The molecule has 3 nitrogen and oxygen atoms in total. The fraction of sp³-hybridized carbons (Fsp3) is 0.278. The van der Waals surface area contributed by atoms with E-state index in [2.05, 4.69) is 10.1 Å². The van der Waals surface area contributed by atoms with Gasteiger partial charge in [0.25, 0.3) is 0 Å². The summed E-state index contributed by atoms with van der Waals surface area (Å²) in [5.41, 5.74) is 1.82. The van der Waals surface area contributed by atoms with Crippen LogP contribution in [0.4, 0.5) is 8.78 Å². The topological polar surface area (TPSA) is 38.3 Å². The highest BCUT2D eigenvalue weighted by atomic mass is 32.2. The lowest BCUT2D eigenvalue weighted by molar-refractivity contribution is -0.118. The van der Waals surface area contributed by atoms with Crippen LogP contribution in [0.1, 0.15) is 11.1 Å². The van der Waals surface area contributed by atoms with Crippen LogP contribution in [0, 0.1) is 6.92 Å². The van der Waals surface area contributed by atoms with Crippen molar-refractivity contribution in [1.82, 2.24) is 5.32 Å². The number of carbonyl (C=O) groups excluding carboxylic acids is 1. The summed E-state index contributed by atoms with van der Waals surface area (Å²) in [5.74, 6) is 0.377. The molecule has 2 aromatic carbocycles. The molecule has 0 aliphatic rings. The minimum absolute atomic E-state index is 0.0900. The van der Waals surface area contributed by atoms with E-state index in [4.69, 9.17) is 0 Å². The number of carbonyl (C=O) groups is 1. The first kappa shape index (κ1) is 18.3. The molecular formula is C18H19F2NO2S. The van der Waals surface area contributed by atoms with Crippen molar-refractivity contribution in [3.63, 3.8) is 0 Å². The zero-order valence-electron chi connectivity index (χ0n) is 13.3. The zero-order chi connectivity index (χ0) is 17.4. The van der Waals surface area contributed by atoms with Gasteiger partial charge in [-0.25, -0.2) is 0 Å². The predicted octanol–water partition coefficient (Wildman–Crippen LogP) is 4.05. The van der Waals surface area contributed by atoms with Crippen molar-refractivity contribution < 1.29 is 18.3 Å². The molecule has 0 saturated heterocycles. The van der Waals surface area contributed by atoms with E-state index in [1.165, 1.54) is 23.4 Å². The van der Waals surface area contributed by atoms with Gasteiger partial charge in [-0.05, 0) is 37.1 Å². The molecule has 0 saturated carbocycles. The number of aryl methyl sites for hydroxylation is 1. The predicted molar refractivity (Wildman–Crippen MR) is 91.7 cm³/mol. The van der Waals surface area contributed by atoms with E-state index in [1.807, 2.05) is 31.2 Å². The van der Waals surface area contributed by atoms with Gasteiger partial charge in [-0.3, -0.25) is 4.79 Å². The molecule has 0 unspecified atom stereocenters. The van der Waals surface area contributed by atoms with Gasteiger partial charge in [0, 0.05) is 11.4 Å². The molecule has 24 heavy (non-hydrogen) atoms. The molecule has 2 aromatic rings. The Bertz CT molecular complexity index is 662. The van der Waals surface area contributed by atoms with E-state index in [0.29, 0.717) is 24.3 Å². The number of benzene rings is 2. The lowest BCUT2D eigenvalue weighted by Crippen LogP contribution is -2.27. The standard InChI is InChI=1S/C18H19F2NO2S/c1-13-6-8-15(9-7-13)24-12-17(22)21-11-10-14-4-2-3-5-16(14)23-18(19)20/h2-9,18H,10-12H2,1H3,(H,21,22). The van der Waals surface area contributed by atoms with Crippen molar-refractivity contribution in [2.75, 3.05) is 12.3 Å². The Labute approximate surface area is 144 Å². The molecule has 0 atom stereocenters. The van der Waals surface area contributed by atoms with E-state index in [-0.39, 0.29) is 11.7 Å². The second-order valence-corrected chi connectivity index (χ2v) is 6.24. The second-order valence-electron chi connectivity index (χ2n) is 5.19. The number of thioether (sulfide) groups is 1. The summed E-state index contributed by atoms with van der Waals surface area (Å²) < 4.78 is 29.2. The molecule has 0 aliphatic carbocycles. The average Bonchev–Trinajstić information content (AvgIpc) is 2.55. The Morgan fingerprint density at radius 1 is 1.17 bits per heavy atom. The highest BCUT2D eigenvalue weighted by molar-refractivity contribution is 8.00. The van der Waals surface area contributed by atoms with E-state index in [9.17, 15) is 13.6 Å². The SMILES string of the molecule is Cc1ccc(SCC(=O)NCCc2ccccc2OC(F)F)cc1. The molecule has 128 valence electrons. The Balaban J connectivity index is 1.75. The summed E-state index contributed by atoms with van der Waals surface area (Å²) in [6, 6.07) is 14.6. The third kappa shape index (κ3) is 6.20. The first-order valence-electron chi connectivity index (χ1n) is 7.53. The fourth-order valence-corrected chi connectivity index (χ4v) is 2.82. The maximum Gasteiger partial charge on any atom is 0.387 e. The van der Waals surface area contributed by atoms with Crippen molar-refractivity contribution in [3.8, 4) is 5.75 Å².